The van der Waals surface area contributed by atoms with E-state index in [1.165, 1.54) is 4.90 Å². The number of aliphatic carboxylic acids is 1. The maximum Gasteiger partial charge on any atom is 0.323 e. The van der Waals surface area contributed by atoms with Gasteiger partial charge in [0.05, 0.1) is 6.04 Å². The molecule has 1 aliphatic heterocycles. The summed E-state index contributed by atoms with van der Waals surface area (Å²) in [7, 11) is 0. The Balaban J connectivity index is 2.91. The molecule has 0 aromatic carbocycles. The van der Waals surface area contributed by atoms with Gasteiger partial charge in [0.1, 0.15) is 6.54 Å². The van der Waals surface area contributed by atoms with Crippen LogP contribution < -0.4 is 0 Å². The van der Waals surface area contributed by atoms with E-state index < -0.39 is 11.5 Å². The fourth-order valence-electron chi connectivity index (χ4n) is 3.11. The average Bonchev–Trinajstić information content (AvgIpc) is 2.62. The molecule has 1 rings (SSSR count). The molecule has 0 bridgehead atoms. The minimum Gasteiger partial charge on any atom is -0.480 e. The summed E-state index contributed by atoms with van der Waals surface area (Å²) in [6, 6.07) is 0.465. The number of rotatable bonds is 4. The third-order valence-electron chi connectivity index (χ3n) is 4.19. The summed E-state index contributed by atoms with van der Waals surface area (Å²) in [5, 5.41) is 9.04. The van der Waals surface area contributed by atoms with Gasteiger partial charge in [-0.25, -0.2) is 0 Å². The van der Waals surface area contributed by atoms with Crippen LogP contribution in [0.2, 0.25) is 0 Å². The number of hydrogen-bond acceptors (Lipinski definition) is 3. The molecule has 0 aromatic rings. The first-order valence-electron chi connectivity index (χ1n) is 7.36. The lowest BCUT2D eigenvalue weighted by Crippen LogP contribution is -2.56. The minimum absolute atomic E-state index is 0.0968. The Labute approximate surface area is 121 Å². The summed E-state index contributed by atoms with van der Waals surface area (Å²) >= 11 is 0. The highest BCUT2D eigenvalue weighted by atomic mass is 16.4. The maximum absolute atomic E-state index is 12.7. The van der Waals surface area contributed by atoms with Gasteiger partial charge < -0.3 is 10.0 Å². The van der Waals surface area contributed by atoms with E-state index in [1.54, 1.807) is 0 Å². The standard InChI is InChI=1S/C15H28N2O3/c1-10-7-8-11(2)17(10)12(3)14(20)16(9-13(18)19)15(4,5)6/h10-12H,7-9H2,1-6H3,(H,18,19). The van der Waals surface area contributed by atoms with E-state index in [0.717, 1.165) is 12.8 Å². The molecule has 1 saturated heterocycles. The van der Waals surface area contributed by atoms with Crippen molar-refractivity contribution in [3.63, 3.8) is 0 Å². The number of carboxylic acid groups (broad SMARTS) is 1. The molecule has 1 fully saturated rings. The Bertz CT molecular complexity index is 366. The molecule has 1 aliphatic rings. The Morgan fingerprint density at radius 3 is 2.05 bits per heavy atom. The molecular weight excluding hydrogens is 256 g/mol. The normalized spacial score (nSPS) is 25.5. The van der Waals surface area contributed by atoms with Crippen LogP contribution in [0, 0.1) is 0 Å². The molecule has 5 heteroatoms. The second-order valence-electron chi connectivity index (χ2n) is 6.89. The van der Waals surface area contributed by atoms with Crippen LogP contribution in [0.15, 0.2) is 0 Å². The van der Waals surface area contributed by atoms with Gasteiger partial charge in [0.15, 0.2) is 0 Å². The number of likely N-dealkylation sites (tertiary alicyclic amines) is 1. The second-order valence-corrected chi connectivity index (χ2v) is 6.89. The van der Waals surface area contributed by atoms with Crippen molar-refractivity contribution in [3.8, 4) is 0 Å². The fourth-order valence-corrected chi connectivity index (χ4v) is 3.11. The molecule has 0 saturated carbocycles. The van der Waals surface area contributed by atoms with Crippen LogP contribution in [0.4, 0.5) is 0 Å². The molecule has 116 valence electrons. The molecule has 1 heterocycles. The summed E-state index contributed by atoms with van der Waals surface area (Å²) in [5.74, 6) is -1.07. The highest BCUT2D eigenvalue weighted by Crippen LogP contribution is 2.27. The zero-order chi connectivity index (χ0) is 15.7. The fraction of sp³-hybridized carbons (Fsp3) is 0.867. The van der Waals surface area contributed by atoms with Gasteiger partial charge in [-0.3, -0.25) is 14.5 Å². The minimum atomic E-state index is -0.969. The number of nitrogens with zero attached hydrogens (tertiary/aromatic N) is 2. The Morgan fingerprint density at radius 1 is 1.25 bits per heavy atom. The first-order chi connectivity index (χ1) is 9.05. The van der Waals surface area contributed by atoms with Crippen LogP contribution in [0.3, 0.4) is 0 Å². The Hall–Kier alpha value is -1.10. The molecule has 0 aliphatic carbocycles. The molecule has 0 radical (unpaired) electrons. The predicted molar refractivity (Wildman–Crippen MR) is 78.6 cm³/mol. The lowest BCUT2D eigenvalue weighted by molar-refractivity contribution is -0.151. The van der Waals surface area contributed by atoms with Crippen molar-refractivity contribution in [2.45, 2.75) is 78.0 Å². The van der Waals surface area contributed by atoms with Crippen molar-refractivity contribution in [1.29, 1.82) is 0 Å². The molecule has 3 atom stereocenters. The van der Waals surface area contributed by atoms with Gasteiger partial charge >= 0.3 is 5.97 Å². The van der Waals surface area contributed by atoms with Crippen molar-refractivity contribution < 1.29 is 14.7 Å². The number of carbonyl (C=O) groups is 2. The molecule has 20 heavy (non-hydrogen) atoms. The summed E-state index contributed by atoms with van der Waals surface area (Å²) in [5.41, 5.74) is -0.490. The SMILES string of the molecule is CC1CCC(C)N1C(C)C(=O)N(CC(=O)O)C(C)(C)C. The van der Waals surface area contributed by atoms with Gasteiger partial charge in [0.2, 0.25) is 5.91 Å². The van der Waals surface area contributed by atoms with E-state index in [1.807, 2.05) is 27.7 Å². The molecule has 5 nitrogen and oxygen atoms in total. The van der Waals surface area contributed by atoms with Crippen molar-refractivity contribution in [1.82, 2.24) is 9.80 Å². The van der Waals surface area contributed by atoms with Crippen LogP contribution in [-0.2, 0) is 9.59 Å². The number of carboxylic acids is 1. The van der Waals surface area contributed by atoms with Crippen LogP contribution in [0.25, 0.3) is 0 Å². The van der Waals surface area contributed by atoms with Crippen molar-refractivity contribution in [2.24, 2.45) is 0 Å². The van der Waals surface area contributed by atoms with Crippen LogP contribution >= 0.6 is 0 Å². The van der Waals surface area contributed by atoms with E-state index in [9.17, 15) is 9.59 Å². The molecule has 3 unspecified atom stereocenters. The van der Waals surface area contributed by atoms with Gasteiger partial charge in [-0.05, 0) is 54.4 Å². The molecule has 0 spiro atoms. The monoisotopic (exact) mass is 284 g/mol. The molecule has 1 amide bonds. The lowest BCUT2D eigenvalue weighted by atomic mass is 10.0. The first-order valence-corrected chi connectivity index (χ1v) is 7.36. The average molecular weight is 284 g/mol. The third-order valence-corrected chi connectivity index (χ3v) is 4.19. The van der Waals surface area contributed by atoms with E-state index in [2.05, 4.69) is 18.7 Å². The number of carbonyl (C=O) groups excluding carboxylic acids is 1. The first kappa shape index (κ1) is 17.0. The lowest BCUT2D eigenvalue weighted by Gasteiger charge is -2.40. The van der Waals surface area contributed by atoms with Gasteiger partial charge in [-0.15, -0.1) is 0 Å². The maximum atomic E-state index is 12.7. The zero-order valence-electron chi connectivity index (χ0n) is 13.5. The van der Waals surface area contributed by atoms with E-state index in [4.69, 9.17) is 5.11 Å². The smallest absolute Gasteiger partial charge is 0.323 e. The Kier molecular flexibility index (Phi) is 5.19. The number of amides is 1. The molecule has 1 N–H and O–H groups in total. The summed E-state index contributed by atoms with van der Waals surface area (Å²) in [4.78, 5) is 27.4. The summed E-state index contributed by atoms with van der Waals surface area (Å²) in [6.07, 6.45) is 2.18. The van der Waals surface area contributed by atoms with Crippen LogP contribution in [-0.4, -0.2) is 57.0 Å². The van der Waals surface area contributed by atoms with Gasteiger partial charge in [-0.2, -0.15) is 0 Å². The van der Waals surface area contributed by atoms with Crippen molar-refractivity contribution >= 4 is 11.9 Å². The summed E-state index contributed by atoms with van der Waals surface area (Å²) in [6.45, 7) is 11.5. The number of hydrogen-bond donors (Lipinski definition) is 1. The second kappa shape index (κ2) is 6.12. The molecule has 0 aromatic heterocycles. The van der Waals surface area contributed by atoms with Crippen molar-refractivity contribution in [2.75, 3.05) is 6.54 Å². The molecular formula is C15H28N2O3. The van der Waals surface area contributed by atoms with E-state index in [-0.39, 0.29) is 18.5 Å². The topological polar surface area (TPSA) is 60.9 Å². The summed E-state index contributed by atoms with van der Waals surface area (Å²) < 4.78 is 0. The third kappa shape index (κ3) is 3.72. The zero-order valence-corrected chi connectivity index (χ0v) is 13.5. The Morgan fingerprint density at radius 2 is 1.70 bits per heavy atom. The van der Waals surface area contributed by atoms with Crippen LogP contribution in [0.1, 0.15) is 54.4 Å². The van der Waals surface area contributed by atoms with Gasteiger partial charge in [-0.1, -0.05) is 0 Å². The van der Waals surface area contributed by atoms with Gasteiger partial charge in [0.25, 0.3) is 0 Å². The van der Waals surface area contributed by atoms with Crippen molar-refractivity contribution in [3.05, 3.63) is 0 Å². The van der Waals surface area contributed by atoms with Crippen LogP contribution in [0.5, 0.6) is 0 Å². The van der Waals surface area contributed by atoms with E-state index >= 15 is 0 Å². The quantitative estimate of drug-likeness (QED) is 0.857. The largest absolute Gasteiger partial charge is 0.480 e. The predicted octanol–water partition coefficient (Wildman–Crippen LogP) is 1.96. The highest BCUT2D eigenvalue weighted by molar-refractivity contribution is 5.85. The highest BCUT2D eigenvalue weighted by Gasteiger charge is 2.39. The van der Waals surface area contributed by atoms with E-state index in [0.29, 0.717) is 12.1 Å². The van der Waals surface area contributed by atoms with Gasteiger partial charge in [0, 0.05) is 17.6 Å².